The standard InChI is InChI=1S/C13H24N4O3/c1-13(2,3)20-12(18)16-11(8-15-17-14)7-10-5-4-6-19-9-10/h10-11H,4-9H2,1-3H3,(H,16,18). The van der Waals surface area contributed by atoms with E-state index in [1.807, 2.05) is 20.8 Å². The van der Waals surface area contributed by atoms with E-state index in [1.54, 1.807) is 0 Å². The second kappa shape index (κ2) is 7.97. The molecule has 1 rings (SSSR count). The second-order valence-corrected chi connectivity index (χ2v) is 6.08. The zero-order chi connectivity index (χ0) is 15.0. The first-order chi connectivity index (χ1) is 9.40. The summed E-state index contributed by atoms with van der Waals surface area (Å²) in [4.78, 5) is 14.5. The summed E-state index contributed by atoms with van der Waals surface area (Å²) >= 11 is 0. The first-order valence-electron chi connectivity index (χ1n) is 6.99. The average Bonchev–Trinajstić information content (AvgIpc) is 2.35. The highest BCUT2D eigenvalue weighted by Gasteiger charge is 2.23. The third kappa shape index (κ3) is 7.21. The van der Waals surface area contributed by atoms with E-state index >= 15 is 0 Å². The molecule has 0 bridgehead atoms. The van der Waals surface area contributed by atoms with E-state index in [9.17, 15) is 4.79 Å². The van der Waals surface area contributed by atoms with Crippen molar-refractivity contribution in [2.24, 2.45) is 11.0 Å². The van der Waals surface area contributed by atoms with Gasteiger partial charge in [0.05, 0.1) is 0 Å². The number of carbonyl (C=O) groups is 1. The van der Waals surface area contributed by atoms with Crippen molar-refractivity contribution < 1.29 is 14.3 Å². The summed E-state index contributed by atoms with van der Waals surface area (Å²) in [6, 6.07) is -0.215. The summed E-state index contributed by atoms with van der Waals surface area (Å²) in [5.41, 5.74) is 7.89. The molecule has 0 saturated carbocycles. The lowest BCUT2D eigenvalue weighted by molar-refractivity contribution is 0.0393. The van der Waals surface area contributed by atoms with E-state index in [1.165, 1.54) is 0 Å². The second-order valence-electron chi connectivity index (χ2n) is 6.08. The fourth-order valence-corrected chi connectivity index (χ4v) is 2.18. The van der Waals surface area contributed by atoms with Crippen LogP contribution < -0.4 is 5.32 Å². The minimum absolute atomic E-state index is 0.215. The fraction of sp³-hybridized carbons (Fsp3) is 0.923. The molecule has 0 aromatic carbocycles. The van der Waals surface area contributed by atoms with Gasteiger partial charge in [-0.15, -0.1) is 0 Å². The van der Waals surface area contributed by atoms with Crippen LogP contribution in [0.1, 0.15) is 40.0 Å². The number of hydrogen-bond donors (Lipinski definition) is 1. The van der Waals surface area contributed by atoms with Gasteiger partial charge in [0, 0.05) is 30.7 Å². The van der Waals surface area contributed by atoms with Crippen LogP contribution in [0, 0.1) is 5.92 Å². The first-order valence-corrected chi connectivity index (χ1v) is 6.99. The molecule has 1 N–H and O–H groups in total. The molecule has 114 valence electrons. The lowest BCUT2D eigenvalue weighted by Crippen LogP contribution is -2.42. The van der Waals surface area contributed by atoms with E-state index in [-0.39, 0.29) is 12.6 Å². The number of ether oxygens (including phenoxy) is 2. The molecule has 7 heteroatoms. The van der Waals surface area contributed by atoms with Crippen molar-refractivity contribution in [2.75, 3.05) is 19.8 Å². The van der Waals surface area contributed by atoms with Gasteiger partial charge in [0.25, 0.3) is 0 Å². The van der Waals surface area contributed by atoms with E-state index in [4.69, 9.17) is 15.0 Å². The van der Waals surface area contributed by atoms with Crippen molar-refractivity contribution >= 4 is 6.09 Å². The molecular weight excluding hydrogens is 260 g/mol. The Hall–Kier alpha value is -1.46. The number of amides is 1. The summed E-state index contributed by atoms with van der Waals surface area (Å²) in [7, 11) is 0. The van der Waals surface area contributed by atoms with Gasteiger partial charge in [0.2, 0.25) is 0 Å². The summed E-state index contributed by atoms with van der Waals surface area (Å²) in [5.74, 6) is 0.387. The molecular formula is C13H24N4O3. The molecule has 0 aromatic rings. The zero-order valence-electron chi connectivity index (χ0n) is 12.5. The fourth-order valence-electron chi connectivity index (χ4n) is 2.18. The van der Waals surface area contributed by atoms with E-state index in [0.29, 0.717) is 12.5 Å². The van der Waals surface area contributed by atoms with Gasteiger partial charge in [-0.3, -0.25) is 0 Å². The normalized spacial score (nSPS) is 20.6. The molecule has 1 heterocycles. The highest BCUT2D eigenvalue weighted by molar-refractivity contribution is 5.68. The molecule has 1 aliphatic rings. The Labute approximate surface area is 119 Å². The summed E-state index contributed by atoms with van der Waals surface area (Å²) in [6.45, 7) is 7.16. The van der Waals surface area contributed by atoms with Crippen LogP contribution >= 0.6 is 0 Å². The van der Waals surface area contributed by atoms with Crippen LogP contribution in [0.2, 0.25) is 0 Å². The number of carbonyl (C=O) groups excluding carboxylic acids is 1. The average molecular weight is 284 g/mol. The largest absolute Gasteiger partial charge is 0.444 e. The maximum atomic E-state index is 11.8. The van der Waals surface area contributed by atoms with Gasteiger partial charge < -0.3 is 14.8 Å². The van der Waals surface area contributed by atoms with Crippen molar-refractivity contribution in [3.8, 4) is 0 Å². The van der Waals surface area contributed by atoms with Crippen LogP contribution in [0.25, 0.3) is 10.4 Å². The third-order valence-electron chi connectivity index (χ3n) is 2.96. The topological polar surface area (TPSA) is 96.3 Å². The Kier molecular flexibility index (Phi) is 6.61. The van der Waals surface area contributed by atoms with E-state index in [2.05, 4.69) is 15.3 Å². The van der Waals surface area contributed by atoms with Crippen molar-refractivity contribution in [3.63, 3.8) is 0 Å². The third-order valence-corrected chi connectivity index (χ3v) is 2.96. The molecule has 0 radical (unpaired) electrons. The summed E-state index contributed by atoms with van der Waals surface area (Å²) < 4.78 is 10.6. The molecule has 0 aliphatic carbocycles. The predicted octanol–water partition coefficient (Wildman–Crippen LogP) is 3.01. The molecule has 7 nitrogen and oxygen atoms in total. The highest BCUT2D eigenvalue weighted by Crippen LogP contribution is 2.19. The smallest absolute Gasteiger partial charge is 0.407 e. The number of nitrogens with zero attached hydrogens (tertiary/aromatic N) is 3. The van der Waals surface area contributed by atoms with Crippen LogP contribution in [0.15, 0.2) is 5.11 Å². The molecule has 2 unspecified atom stereocenters. The van der Waals surface area contributed by atoms with Crippen LogP contribution in [-0.4, -0.2) is 37.5 Å². The molecule has 0 aromatic heterocycles. The molecule has 2 atom stereocenters. The molecule has 1 aliphatic heterocycles. The molecule has 1 amide bonds. The van der Waals surface area contributed by atoms with Crippen LogP contribution in [-0.2, 0) is 9.47 Å². The van der Waals surface area contributed by atoms with Gasteiger partial charge in [0.1, 0.15) is 5.60 Å². The van der Waals surface area contributed by atoms with Crippen LogP contribution in [0.5, 0.6) is 0 Å². The van der Waals surface area contributed by atoms with E-state index in [0.717, 1.165) is 25.9 Å². The van der Waals surface area contributed by atoms with Gasteiger partial charge in [-0.05, 0) is 51.5 Å². The minimum atomic E-state index is -0.541. The van der Waals surface area contributed by atoms with Crippen molar-refractivity contribution in [3.05, 3.63) is 10.4 Å². The van der Waals surface area contributed by atoms with Gasteiger partial charge in [-0.2, -0.15) is 0 Å². The lowest BCUT2D eigenvalue weighted by Gasteiger charge is -2.27. The van der Waals surface area contributed by atoms with Gasteiger partial charge in [-0.25, -0.2) is 4.79 Å². The van der Waals surface area contributed by atoms with Gasteiger partial charge in [0.15, 0.2) is 0 Å². The number of alkyl carbamates (subject to hydrolysis) is 1. The Bertz CT molecular complexity index is 355. The van der Waals surface area contributed by atoms with E-state index < -0.39 is 11.7 Å². The minimum Gasteiger partial charge on any atom is -0.444 e. The first kappa shape index (κ1) is 16.6. The van der Waals surface area contributed by atoms with Crippen molar-refractivity contribution in [1.29, 1.82) is 0 Å². The maximum Gasteiger partial charge on any atom is 0.407 e. The number of hydrogen-bond acceptors (Lipinski definition) is 4. The lowest BCUT2D eigenvalue weighted by atomic mass is 9.94. The Balaban J connectivity index is 2.49. The molecule has 1 fully saturated rings. The molecule has 1 saturated heterocycles. The Morgan fingerprint density at radius 3 is 2.90 bits per heavy atom. The number of rotatable bonds is 5. The monoisotopic (exact) mass is 284 g/mol. The van der Waals surface area contributed by atoms with Crippen molar-refractivity contribution in [1.82, 2.24) is 5.32 Å². The molecule has 0 spiro atoms. The van der Waals surface area contributed by atoms with Crippen molar-refractivity contribution in [2.45, 2.75) is 51.7 Å². The Morgan fingerprint density at radius 2 is 2.35 bits per heavy atom. The van der Waals surface area contributed by atoms with Crippen LogP contribution in [0.3, 0.4) is 0 Å². The molecule has 20 heavy (non-hydrogen) atoms. The summed E-state index contributed by atoms with van der Waals surface area (Å²) in [6.07, 6.45) is 2.36. The SMILES string of the molecule is CC(C)(C)OC(=O)NC(CN=[N+]=[N-])CC1CCCOC1. The van der Waals surface area contributed by atoms with Gasteiger partial charge in [-0.1, -0.05) is 5.11 Å². The zero-order valence-corrected chi connectivity index (χ0v) is 12.5. The maximum absolute atomic E-state index is 11.8. The van der Waals surface area contributed by atoms with Gasteiger partial charge >= 0.3 is 6.09 Å². The number of nitrogens with one attached hydrogen (secondary N) is 1. The number of azide groups is 1. The summed E-state index contributed by atoms with van der Waals surface area (Å²) in [5, 5.41) is 6.33. The quantitative estimate of drug-likeness (QED) is 0.477. The van der Waals surface area contributed by atoms with Crippen LogP contribution in [0.4, 0.5) is 4.79 Å². The Morgan fingerprint density at radius 1 is 1.60 bits per heavy atom. The predicted molar refractivity (Wildman–Crippen MR) is 75.3 cm³/mol. The highest BCUT2D eigenvalue weighted by atomic mass is 16.6.